The van der Waals surface area contributed by atoms with E-state index >= 15 is 0 Å². The standard InChI is InChI=1S/C11H13N3O/c1-12-6-9-7-13-14(8-9)10-4-2-3-5-11(10)15/h2-5,7-8,12,15H,6H2,1H3. The van der Waals surface area contributed by atoms with E-state index in [1.165, 1.54) is 0 Å². The van der Waals surface area contributed by atoms with Crippen LogP contribution < -0.4 is 5.32 Å². The van der Waals surface area contributed by atoms with Crippen molar-refractivity contribution in [2.75, 3.05) is 7.05 Å². The van der Waals surface area contributed by atoms with Crippen LogP contribution in [0.3, 0.4) is 0 Å². The second-order valence-electron chi connectivity index (χ2n) is 3.31. The van der Waals surface area contributed by atoms with Crippen LogP contribution >= 0.6 is 0 Å². The number of hydrogen-bond donors (Lipinski definition) is 2. The fraction of sp³-hybridized carbons (Fsp3) is 0.182. The Hall–Kier alpha value is -1.81. The van der Waals surface area contributed by atoms with Crippen LogP contribution in [0.25, 0.3) is 5.69 Å². The number of phenols is 1. The molecule has 0 saturated carbocycles. The third-order valence-electron chi connectivity index (χ3n) is 2.15. The Kier molecular flexibility index (Phi) is 2.69. The van der Waals surface area contributed by atoms with E-state index in [0.29, 0.717) is 5.69 Å². The lowest BCUT2D eigenvalue weighted by molar-refractivity contribution is 0.470. The molecular formula is C11H13N3O. The Morgan fingerprint density at radius 2 is 2.20 bits per heavy atom. The molecular weight excluding hydrogens is 190 g/mol. The Morgan fingerprint density at radius 3 is 2.93 bits per heavy atom. The van der Waals surface area contributed by atoms with Gasteiger partial charge in [0.2, 0.25) is 0 Å². The maximum atomic E-state index is 9.63. The number of benzene rings is 1. The predicted octanol–water partition coefficient (Wildman–Crippen LogP) is 1.30. The van der Waals surface area contributed by atoms with Crippen molar-refractivity contribution in [2.24, 2.45) is 0 Å². The summed E-state index contributed by atoms with van der Waals surface area (Å²) in [5.74, 6) is 0.233. The highest BCUT2D eigenvalue weighted by molar-refractivity contribution is 5.44. The molecule has 0 aliphatic carbocycles. The lowest BCUT2D eigenvalue weighted by Crippen LogP contribution is -2.03. The highest BCUT2D eigenvalue weighted by Gasteiger charge is 2.03. The van der Waals surface area contributed by atoms with E-state index in [1.54, 1.807) is 23.0 Å². The van der Waals surface area contributed by atoms with Crippen molar-refractivity contribution in [1.82, 2.24) is 15.1 Å². The fourth-order valence-electron chi connectivity index (χ4n) is 1.45. The molecule has 0 saturated heterocycles. The highest BCUT2D eigenvalue weighted by Crippen LogP contribution is 2.19. The van der Waals surface area contributed by atoms with Crippen LogP contribution in [0.5, 0.6) is 5.75 Å². The van der Waals surface area contributed by atoms with E-state index in [-0.39, 0.29) is 5.75 Å². The van der Waals surface area contributed by atoms with Crippen LogP contribution in [0.1, 0.15) is 5.56 Å². The molecule has 2 N–H and O–H groups in total. The summed E-state index contributed by atoms with van der Waals surface area (Å²) in [6, 6.07) is 7.13. The van der Waals surface area contributed by atoms with Crippen LogP contribution in [-0.4, -0.2) is 21.9 Å². The SMILES string of the molecule is CNCc1cnn(-c2ccccc2O)c1. The van der Waals surface area contributed by atoms with E-state index < -0.39 is 0 Å². The molecule has 0 spiro atoms. The summed E-state index contributed by atoms with van der Waals surface area (Å²) in [4.78, 5) is 0. The van der Waals surface area contributed by atoms with Gasteiger partial charge in [-0.1, -0.05) is 12.1 Å². The van der Waals surface area contributed by atoms with Gasteiger partial charge in [0.15, 0.2) is 0 Å². The Morgan fingerprint density at radius 1 is 1.40 bits per heavy atom. The number of aromatic hydroxyl groups is 1. The van der Waals surface area contributed by atoms with Crippen molar-refractivity contribution in [3.05, 3.63) is 42.2 Å². The molecule has 0 unspecified atom stereocenters. The van der Waals surface area contributed by atoms with Crippen molar-refractivity contribution < 1.29 is 5.11 Å². The largest absolute Gasteiger partial charge is 0.506 e. The smallest absolute Gasteiger partial charge is 0.141 e. The third kappa shape index (κ3) is 1.99. The average molecular weight is 203 g/mol. The molecule has 1 aromatic carbocycles. The van der Waals surface area contributed by atoms with E-state index in [9.17, 15) is 5.11 Å². The average Bonchev–Trinajstić information content (AvgIpc) is 2.68. The lowest BCUT2D eigenvalue weighted by atomic mass is 10.3. The first kappa shape index (κ1) is 9.73. The fourth-order valence-corrected chi connectivity index (χ4v) is 1.45. The van der Waals surface area contributed by atoms with Gasteiger partial charge in [-0.25, -0.2) is 4.68 Å². The predicted molar refractivity (Wildman–Crippen MR) is 58.0 cm³/mol. The molecule has 0 atom stereocenters. The number of aromatic nitrogens is 2. The van der Waals surface area contributed by atoms with Crippen molar-refractivity contribution in [2.45, 2.75) is 6.54 Å². The van der Waals surface area contributed by atoms with Gasteiger partial charge in [-0.15, -0.1) is 0 Å². The molecule has 15 heavy (non-hydrogen) atoms. The molecule has 1 heterocycles. The van der Waals surface area contributed by atoms with Gasteiger partial charge in [-0.3, -0.25) is 0 Å². The molecule has 0 radical (unpaired) electrons. The van der Waals surface area contributed by atoms with Gasteiger partial charge in [0.1, 0.15) is 11.4 Å². The number of hydrogen-bond acceptors (Lipinski definition) is 3. The molecule has 2 aromatic rings. The zero-order chi connectivity index (χ0) is 10.7. The van der Waals surface area contributed by atoms with Crippen LogP contribution in [-0.2, 0) is 6.54 Å². The van der Waals surface area contributed by atoms with Crippen LogP contribution in [0, 0.1) is 0 Å². The summed E-state index contributed by atoms with van der Waals surface area (Å²) in [5, 5.41) is 16.9. The first-order valence-corrected chi connectivity index (χ1v) is 4.78. The minimum Gasteiger partial charge on any atom is -0.506 e. The van der Waals surface area contributed by atoms with Gasteiger partial charge in [0, 0.05) is 18.3 Å². The summed E-state index contributed by atoms with van der Waals surface area (Å²) in [7, 11) is 1.89. The number of nitrogens with zero attached hydrogens (tertiary/aromatic N) is 2. The van der Waals surface area contributed by atoms with E-state index in [4.69, 9.17) is 0 Å². The van der Waals surface area contributed by atoms with Crippen LogP contribution in [0.15, 0.2) is 36.7 Å². The number of nitrogens with one attached hydrogen (secondary N) is 1. The van der Waals surface area contributed by atoms with E-state index in [2.05, 4.69) is 10.4 Å². The van der Waals surface area contributed by atoms with E-state index in [0.717, 1.165) is 12.1 Å². The van der Waals surface area contributed by atoms with E-state index in [1.807, 2.05) is 25.4 Å². The zero-order valence-electron chi connectivity index (χ0n) is 8.51. The minimum absolute atomic E-state index is 0.233. The molecule has 1 aromatic heterocycles. The number of rotatable bonds is 3. The quantitative estimate of drug-likeness (QED) is 0.790. The third-order valence-corrected chi connectivity index (χ3v) is 2.15. The van der Waals surface area contributed by atoms with Gasteiger partial charge in [0.05, 0.1) is 6.20 Å². The van der Waals surface area contributed by atoms with Gasteiger partial charge < -0.3 is 10.4 Å². The zero-order valence-corrected chi connectivity index (χ0v) is 8.51. The molecule has 78 valence electrons. The van der Waals surface area contributed by atoms with Crippen molar-refractivity contribution in [1.29, 1.82) is 0 Å². The first-order valence-electron chi connectivity index (χ1n) is 4.78. The van der Waals surface area contributed by atoms with Gasteiger partial charge in [-0.05, 0) is 19.2 Å². The van der Waals surface area contributed by atoms with Gasteiger partial charge in [0.25, 0.3) is 0 Å². The summed E-state index contributed by atoms with van der Waals surface area (Å²) in [6.45, 7) is 0.771. The van der Waals surface area contributed by atoms with Crippen LogP contribution in [0.4, 0.5) is 0 Å². The summed E-state index contributed by atoms with van der Waals surface area (Å²) in [6.07, 6.45) is 3.68. The normalized spacial score (nSPS) is 10.5. The highest BCUT2D eigenvalue weighted by atomic mass is 16.3. The molecule has 4 heteroatoms. The van der Waals surface area contributed by atoms with Crippen molar-refractivity contribution >= 4 is 0 Å². The first-order chi connectivity index (χ1) is 7.31. The maximum Gasteiger partial charge on any atom is 0.141 e. The Balaban J connectivity index is 2.33. The lowest BCUT2D eigenvalue weighted by Gasteiger charge is -2.02. The molecule has 0 fully saturated rings. The molecule has 4 nitrogen and oxygen atoms in total. The Bertz CT molecular complexity index is 451. The molecule has 0 aliphatic heterocycles. The van der Waals surface area contributed by atoms with Gasteiger partial charge >= 0.3 is 0 Å². The number of phenolic OH excluding ortho intramolecular Hbond substituents is 1. The van der Waals surface area contributed by atoms with Crippen LogP contribution in [0.2, 0.25) is 0 Å². The Labute approximate surface area is 88.2 Å². The van der Waals surface area contributed by atoms with Crippen molar-refractivity contribution in [3.8, 4) is 11.4 Å². The minimum atomic E-state index is 0.233. The summed E-state index contributed by atoms with van der Waals surface area (Å²) >= 11 is 0. The molecule has 0 bridgehead atoms. The molecule has 2 rings (SSSR count). The van der Waals surface area contributed by atoms with Crippen molar-refractivity contribution in [3.63, 3.8) is 0 Å². The topological polar surface area (TPSA) is 50.1 Å². The maximum absolute atomic E-state index is 9.63. The molecule has 0 amide bonds. The number of para-hydroxylation sites is 2. The summed E-state index contributed by atoms with van der Waals surface area (Å²) < 4.78 is 1.67. The molecule has 0 aliphatic rings. The summed E-state index contributed by atoms with van der Waals surface area (Å²) in [5.41, 5.74) is 1.78. The second kappa shape index (κ2) is 4.14. The second-order valence-corrected chi connectivity index (χ2v) is 3.31. The van der Waals surface area contributed by atoms with Gasteiger partial charge in [-0.2, -0.15) is 5.10 Å². The monoisotopic (exact) mass is 203 g/mol.